The van der Waals surface area contributed by atoms with E-state index in [2.05, 4.69) is 15.7 Å². The van der Waals surface area contributed by atoms with E-state index in [0.717, 1.165) is 49.4 Å². The van der Waals surface area contributed by atoms with Gasteiger partial charge in [-0.25, -0.2) is 0 Å². The van der Waals surface area contributed by atoms with Crippen LogP contribution in [0.2, 0.25) is 0 Å². The monoisotopic (exact) mass is 428 g/mol. The highest BCUT2D eigenvalue weighted by Crippen LogP contribution is 2.23. The van der Waals surface area contributed by atoms with Gasteiger partial charge in [-0.1, -0.05) is 24.3 Å². The molecule has 0 spiro atoms. The third kappa shape index (κ3) is 6.03. The van der Waals surface area contributed by atoms with Gasteiger partial charge in [-0.3, -0.25) is 0 Å². The van der Waals surface area contributed by atoms with Crippen LogP contribution >= 0.6 is 0 Å². The van der Waals surface area contributed by atoms with Crippen molar-refractivity contribution in [1.82, 2.24) is 13.9 Å². The number of likely N-dealkylation sites (tertiary alicyclic amines) is 1. The summed E-state index contributed by atoms with van der Waals surface area (Å²) in [6.45, 7) is 3.11. The quantitative estimate of drug-likeness (QED) is 0.620. The highest BCUT2D eigenvalue weighted by atomic mass is 32.2. The van der Waals surface area contributed by atoms with Crippen LogP contribution in [-0.4, -0.2) is 64.0 Å². The molecule has 1 saturated heterocycles. The number of rotatable bonds is 9. The zero-order chi connectivity index (χ0) is 21.6. The summed E-state index contributed by atoms with van der Waals surface area (Å²) < 4.78 is 33.6. The minimum Gasteiger partial charge on any atom is -0.494 e. The summed E-state index contributed by atoms with van der Waals surface area (Å²) in [5.74, 6) is 0.824. The van der Waals surface area contributed by atoms with Crippen LogP contribution < -0.4 is 9.46 Å². The number of nitrogens with zero attached hydrogens (tertiary/aromatic N) is 3. The Morgan fingerprint density at radius 3 is 2.37 bits per heavy atom. The van der Waals surface area contributed by atoms with Crippen LogP contribution in [0, 0.1) is 11.3 Å². The lowest BCUT2D eigenvalue weighted by Gasteiger charge is -2.18. The summed E-state index contributed by atoms with van der Waals surface area (Å²) in [6.07, 6.45) is 1.70. The second-order valence-electron chi connectivity index (χ2n) is 7.61. The van der Waals surface area contributed by atoms with Gasteiger partial charge >= 0.3 is 0 Å². The lowest BCUT2D eigenvalue weighted by atomic mass is 10.0. The number of benzene rings is 2. The van der Waals surface area contributed by atoms with Crippen LogP contribution in [-0.2, 0) is 10.2 Å². The molecule has 2 aromatic carbocycles. The number of hydrogen-bond acceptors (Lipinski definition) is 5. The molecule has 1 aliphatic rings. The summed E-state index contributed by atoms with van der Waals surface area (Å²) in [5.41, 5.74) is 2.79. The number of hydrogen-bond donors (Lipinski definition) is 1. The van der Waals surface area contributed by atoms with E-state index in [1.165, 1.54) is 18.4 Å². The molecule has 0 amide bonds. The first-order valence-corrected chi connectivity index (χ1v) is 11.5. The third-order valence-corrected chi connectivity index (χ3v) is 6.75. The van der Waals surface area contributed by atoms with Gasteiger partial charge in [-0.2, -0.15) is 22.7 Å². The van der Waals surface area contributed by atoms with Crippen molar-refractivity contribution in [1.29, 1.82) is 5.26 Å². The number of nitriles is 1. The average Bonchev–Trinajstić information content (AvgIpc) is 3.18. The molecule has 1 atom stereocenters. The zero-order valence-corrected chi connectivity index (χ0v) is 18.2. The van der Waals surface area contributed by atoms with Crippen molar-refractivity contribution in [2.45, 2.75) is 18.9 Å². The van der Waals surface area contributed by atoms with Crippen LogP contribution in [0.15, 0.2) is 48.5 Å². The van der Waals surface area contributed by atoms with Gasteiger partial charge in [0.2, 0.25) is 0 Å². The predicted molar refractivity (Wildman–Crippen MR) is 117 cm³/mol. The molecule has 0 aromatic heterocycles. The van der Waals surface area contributed by atoms with E-state index in [1.807, 2.05) is 48.5 Å². The molecule has 1 heterocycles. The lowest BCUT2D eigenvalue weighted by molar-refractivity contribution is 0.261. The van der Waals surface area contributed by atoms with Crippen molar-refractivity contribution in [3.8, 4) is 22.9 Å². The molecular formula is C22H28N4O3S. The van der Waals surface area contributed by atoms with Crippen molar-refractivity contribution in [2.75, 3.05) is 40.3 Å². The van der Waals surface area contributed by atoms with E-state index in [9.17, 15) is 8.42 Å². The van der Waals surface area contributed by atoms with Crippen molar-refractivity contribution in [3.63, 3.8) is 0 Å². The third-order valence-electron chi connectivity index (χ3n) is 5.16. The second-order valence-corrected chi connectivity index (χ2v) is 9.52. The highest BCUT2D eigenvalue weighted by molar-refractivity contribution is 7.87. The normalized spacial score (nSPS) is 17.2. The molecule has 3 rings (SSSR count). The predicted octanol–water partition coefficient (Wildman–Crippen LogP) is 2.46. The maximum atomic E-state index is 11.9. The fraction of sp³-hybridized carbons (Fsp3) is 0.409. The second kappa shape index (κ2) is 10.0. The molecular weight excluding hydrogens is 400 g/mol. The Balaban J connectivity index is 1.39. The largest absolute Gasteiger partial charge is 0.494 e. The van der Waals surface area contributed by atoms with Gasteiger partial charge in [-0.05, 0) is 54.8 Å². The summed E-state index contributed by atoms with van der Waals surface area (Å²) >= 11 is 0. The topological polar surface area (TPSA) is 85.7 Å². The van der Waals surface area contributed by atoms with E-state index in [1.54, 1.807) is 0 Å². The Morgan fingerprint density at radius 2 is 1.77 bits per heavy atom. The molecule has 1 aliphatic heterocycles. The van der Waals surface area contributed by atoms with Crippen LogP contribution in [0.25, 0.3) is 11.1 Å². The first-order valence-electron chi connectivity index (χ1n) is 10.0. The Bertz CT molecular complexity index is 967. The minimum absolute atomic E-state index is 0.0342. The summed E-state index contributed by atoms with van der Waals surface area (Å²) in [4.78, 5) is 2.26. The smallest absolute Gasteiger partial charge is 0.279 e. The van der Waals surface area contributed by atoms with Gasteiger partial charge in [0.25, 0.3) is 10.2 Å². The summed E-state index contributed by atoms with van der Waals surface area (Å²) in [7, 11) is -0.314. The van der Waals surface area contributed by atoms with E-state index in [4.69, 9.17) is 10.00 Å². The summed E-state index contributed by atoms with van der Waals surface area (Å²) in [5, 5.41) is 8.89. The molecule has 1 N–H and O–H groups in total. The van der Waals surface area contributed by atoms with Crippen molar-refractivity contribution >= 4 is 10.2 Å². The number of ether oxygens (including phenoxy) is 1. The Hall–Kier alpha value is -2.44. The van der Waals surface area contributed by atoms with E-state index in [0.29, 0.717) is 12.2 Å². The minimum atomic E-state index is -3.38. The van der Waals surface area contributed by atoms with Crippen LogP contribution in [0.1, 0.15) is 18.4 Å². The SMILES string of the molecule is CN(C)S(=O)(=O)N[C@@H]1CCN(CCCOc2ccc(-c3ccc(C#N)cc3)cc2)C1. The first kappa shape index (κ1) is 22.2. The molecule has 2 aromatic rings. The Kier molecular flexibility index (Phi) is 7.45. The molecule has 160 valence electrons. The molecule has 0 unspecified atom stereocenters. The molecule has 0 aliphatic carbocycles. The van der Waals surface area contributed by atoms with Gasteiger partial charge in [0.1, 0.15) is 5.75 Å². The van der Waals surface area contributed by atoms with Gasteiger partial charge in [0.15, 0.2) is 0 Å². The molecule has 8 heteroatoms. The molecule has 0 radical (unpaired) electrons. The highest BCUT2D eigenvalue weighted by Gasteiger charge is 2.26. The molecule has 7 nitrogen and oxygen atoms in total. The molecule has 30 heavy (non-hydrogen) atoms. The molecule has 1 fully saturated rings. The van der Waals surface area contributed by atoms with Crippen LogP contribution in [0.3, 0.4) is 0 Å². The fourth-order valence-electron chi connectivity index (χ4n) is 3.41. The van der Waals surface area contributed by atoms with E-state index >= 15 is 0 Å². The van der Waals surface area contributed by atoms with Crippen LogP contribution in [0.5, 0.6) is 5.75 Å². The van der Waals surface area contributed by atoms with Gasteiger partial charge in [0.05, 0.1) is 18.2 Å². The van der Waals surface area contributed by atoms with Gasteiger partial charge < -0.3 is 9.64 Å². The zero-order valence-electron chi connectivity index (χ0n) is 17.4. The fourth-order valence-corrected chi connectivity index (χ4v) is 4.23. The Morgan fingerprint density at radius 1 is 1.13 bits per heavy atom. The standard InChI is InChI=1S/C22H28N4O3S/c1-25(2)30(27,28)24-21-12-14-26(17-21)13-3-15-29-22-10-8-20(9-11-22)19-6-4-18(16-23)5-7-19/h4-11,21,24H,3,12-15,17H2,1-2H3/t21-/m1/s1. The van der Waals surface area contributed by atoms with Gasteiger partial charge in [0, 0.05) is 33.2 Å². The first-order chi connectivity index (χ1) is 14.4. The van der Waals surface area contributed by atoms with Crippen molar-refractivity contribution in [2.24, 2.45) is 0 Å². The van der Waals surface area contributed by atoms with Crippen molar-refractivity contribution < 1.29 is 13.2 Å². The number of nitrogens with one attached hydrogen (secondary N) is 1. The van der Waals surface area contributed by atoms with Crippen LogP contribution in [0.4, 0.5) is 0 Å². The average molecular weight is 429 g/mol. The van der Waals surface area contributed by atoms with E-state index < -0.39 is 10.2 Å². The molecule has 0 bridgehead atoms. The van der Waals surface area contributed by atoms with Gasteiger partial charge in [-0.15, -0.1) is 0 Å². The van der Waals surface area contributed by atoms with E-state index in [-0.39, 0.29) is 6.04 Å². The molecule has 0 saturated carbocycles. The van der Waals surface area contributed by atoms with Crippen molar-refractivity contribution in [3.05, 3.63) is 54.1 Å². The summed E-state index contributed by atoms with van der Waals surface area (Å²) in [6, 6.07) is 17.5. The maximum Gasteiger partial charge on any atom is 0.279 e. The maximum absolute atomic E-state index is 11.9. The Labute approximate surface area is 179 Å². The lowest BCUT2D eigenvalue weighted by Crippen LogP contribution is -2.43.